The van der Waals surface area contributed by atoms with E-state index in [9.17, 15) is 17.6 Å². The highest BCUT2D eigenvalue weighted by molar-refractivity contribution is 5.94. The Labute approximate surface area is 213 Å². The van der Waals surface area contributed by atoms with Crippen LogP contribution < -0.4 is 5.32 Å². The zero-order valence-corrected chi connectivity index (χ0v) is 20.8. The van der Waals surface area contributed by atoms with Crippen LogP contribution in [-0.2, 0) is 0 Å². The molecular weight excluding hydrogens is 478 g/mol. The van der Waals surface area contributed by atoms with Gasteiger partial charge in [-0.1, -0.05) is 57.2 Å². The highest BCUT2D eigenvalue weighted by Gasteiger charge is 2.13. The van der Waals surface area contributed by atoms with Gasteiger partial charge in [0.05, 0.1) is 5.52 Å². The van der Waals surface area contributed by atoms with E-state index in [-0.39, 0.29) is 0 Å². The Morgan fingerprint density at radius 2 is 1.57 bits per heavy atom. The van der Waals surface area contributed by atoms with E-state index in [0.717, 1.165) is 18.2 Å². The number of rotatable bonds is 6. The van der Waals surface area contributed by atoms with Crippen molar-refractivity contribution in [1.82, 2.24) is 9.97 Å². The fourth-order valence-corrected chi connectivity index (χ4v) is 3.40. The molecule has 190 valence electrons. The summed E-state index contributed by atoms with van der Waals surface area (Å²) in [6.45, 7) is 9.92. The SMILES string of the molecule is C=C/C(=C\C=C/C)c1nc(Nc2ccc(F)c(F)c2)c2ccc(-c3cc(F)cc(F)c3)cc2n1.CCC. The molecule has 0 spiro atoms. The summed E-state index contributed by atoms with van der Waals surface area (Å²) in [5.41, 5.74) is 2.29. The molecule has 4 rings (SSSR count). The Hall–Kier alpha value is -4.26. The average molecular weight is 506 g/mol. The number of hydrogen-bond donors (Lipinski definition) is 1. The number of nitrogens with one attached hydrogen (secondary N) is 1. The third-order valence-electron chi connectivity index (χ3n) is 5.02. The van der Waals surface area contributed by atoms with Crippen molar-refractivity contribution in [3.8, 4) is 11.1 Å². The van der Waals surface area contributed by atoms with Crippen LogP contribution in [-0.4, -0.2) is 9.97 Å². The lowest BCUT2D eigenvalue weighted by Gasteiger charge is -2.13. The van der Waals surface area contributed by atoms with E-state index in [2.05, 4.69) is 35.7 Å². The predicted molar refractivity (Wildman–Crippen MR) is 143 cm³/mol. The summed E-state index contributed by atoms with van der Waals surface area (Å²) < 4.78 is 54.7. The molecule has 0 fully saturated rings. The van der Waals surface area contributed by atoms with Crippen molar-refractivity contribution in [3.63, 3.8) is 0 Å². The molecule has 7 heteroatoms. The fraction of sp³-hybridized carbons (Fsp3) is 0.133. The fourth-order valence-electron chi connectivity index (χ4n) is 3.40. The lowest BCUT2D eigenvalue weighted by molar-refractivity contribution is 0.509. The summed E-state index contributed by atoms with van der Waals surface area (Å²) in [6, 6.07) is 11.7. The maximum Gasteiger partial charge on any atom is 0.162 e. The van der Waals surface area contributed by atoms with Crippen LogP contribution in [0.4, 0.5) is 29.1 Å². The van der Waals surface area contributed by atoms with Crippen LogP contribution in [0.2, 0.25) is 0 Å². The first-order valence-corrected chi connectivity index (χ1v) is 11.8. The van der Waals surface area contributed by atoms with Crippen molar-refractivity contribution in [2.24, 2.45) is 0 Å². The van der Waals surface area contributed by atoms with Gasteiger partial charge >= 0.3 is 0 Å². The van der Waals surface area contributed by atoms with E-state index in [1.54, 1.807) is 36.4 Å². The number of allylic oxidation sites excluding steroid dienone is 5. The van der Waals surface area contributed by atoms with Gasteiger partial charge in [-0.15, -0.1) is 0 Å². The van der Waals surface area contributed by atoms with Gasteiger partial charge in [0.1, 0.15) is 17.5 Å². The molecule has 0 bridgehead atoms. The summed E-state index contributed by atoms with van der Waals surface area (Å²) >= 11 is 0. The molecular formula is C30H27F4N3. The van der Waals surface area contributed by atoms with Gasteiger partial charge in [0, 0.05) is 28.8 Å². The van der Waals surface area contributed by atoms with Crippen molar-refractivity contribution in [1.29, 1.82) is 0 Å². The maximum absolute atomic E-state index is 13.8. The molecule has 0 saturated carbocycles. The monoisotopic (exact) mass is 505 g/mol. The second-order valence-electron chi connectivity index (χ2n) is 8.10. The van der Waals surface area contributed by atoms with Crippen LogP contribution in [0, 0.1) is 23.3 Å². The number of benzene rings is 3. The smallest absolute Gasteiger partial charge is 0.162 e. The molecule has 0 atom stereocenters. The topological polar surface area (TPSA) is 37.8 Å². The van der Waals surface area contributed by atoms with Gasteiger partial charge in [0.2, 0.25) is 0 Å². The van der Waals surface area contributed by atoms with E-state index in [1.807, 2.05) is 13.0 Å². The Kier molecular flexibility index (Phi) is 9.33. The van der Waals surface area contributed by atoms with Gasteiger partial charge in [0.25, 0.3) is 0 Å². The summed E-state index contributed by atoms with van der Waals surface area (Å²) in [4.78, 5) is 9.19. The summed E-state index contributed by atoms with van der Waals surface area (Å²) in [5, 5.41) is 3.58. The van der Waals surface area contributed by atoms with E-state index in [4.69, 9.17) is 0 Å². The number of fused-ring (bicyclic) bond motifs is 1. The molecule has 0 unspecified atom stereocenters. The number of aromatic nitrogens is 2. The van der Waals surface area contributed by atoms with Gasteiger partial charge < -0.3 is 5.32 Å². The minimum Gasteiger partial charge on any atom is -0.340 e. The number of anilines is 2. The largest absolute Gasteiger partial charge is 0.340 e. The average Bonchev–Trinajstić information content (AvgIpc) is 2.86. The number of halogens is 4. The van der Waals surface area contributed by atoms with Crippen molar-refractivity contribution in [2.45, 2.75) is 27.2 Å². The molecule has 3 aromatic carbocycles. The van der Waals surface area contributed by atoms with Crippen LogP contribution in [0.5, 0.6) is 0 Å². The molecule has 1 heterocycles. The van der Waals surface area contributed by atoms with Crippen molar-refractivity contribution >= 4 is 28.0 Å². The molecule has 3 nitrogen and oxygen atoms in total. The lowest BCUT2D eigenvalue weighted by Crippen LogP contribution is -2.02. The zero-order chi connectivity index (χ0) is 26.9. The minimum atomic E-state index is -1.00. The second kappa shape index (κ2) is 12.6. The van der Waals surface area contributed by atoms with Crippen LogP contribution in [0.15, 0.2) is 85.5 Å². The molecule has 0 saturated heterocycles. The standard InChI is InChI=1S/C27H19F4N3.C3H8/c1-3-5-6-16(4-2)26-33-25-13-17(18-11-19(28)14-20(29)12-18)7-9-22(25)27(34-26)32-21-8-10-23(30)24(31)15-21;1-3-2/h3-15H,2H2,1H3,(H,32,33,34);3H2,1-2H3/b5-3-,16-6+;. The Balaban J connectivity index is 0.00000121. The molecule has 1 aromatic heterocycles. The summed E-state index contributed by atoms with van der Waals surface area (Å²) in [5.74, 6) is -2.68. The first-order chi connectivity index (χ1) is 17.8. The van der Waals surface area contributed by atoms with Gasteiger partial charge in [-0.3, -0.25) is 0 Å². The predicted octanol–water partition coefficient (Wildman–Crippen LogP) is 9.16. The highest BCUT2D eigenvalue weighted by Crippen LogP contribution is 2.31. The van der Waals surface area contributed by atoms with Gasteiger partial charge in [-0.25, -0.2) is 27.5 Å². The van der Waals surface area contributed by atoms with Gasteiger partial charge in [-0.05, 0) is 54.4 Å². The molecule has 0 aliphatic carbocycles. The van der Waals surface area contributed by atoms with E-state index in [1.165, 1.54) is 24.6 Å². The molecule has 0 amide bonds. The third kappa shape index (κ3) is 6.91. The van der Waals surface area contributed by atoms with E-state index < -0.39 is 23.3 Å². The minimum absolute atomic E-state index is 0.290. The summed E-state index contributed by atoms with van der Waals surface area (Å²) in [7, 11) is 0. The van der Waals surface area contributed by atoms with Gasteiger partial charge in [-0.2, -0.15) is 0 Å². The van der Waals surface area contributed by atoms with E-state index >= 15 is 0 Å². The van der Waals surface area contributed by atoms with Crippen molar-refractivity contribution in [2.75, 3.05) is 5.32 Å². The van der Waals surface area contributed by atoms with Crippen LogP contribution in [0.25, 0.3) is 27.6 Å². The Morgan fingerprint density at radius 3 is 2.19 bits per heavy atom. The summed E-state index contributed by atoms with van der Waals surface area (Å²) in [6.07, 6.45) is 8.26. The molecule has 0 aliphatic rings. The first-order valence-electron chi connectivity index (χ1n) is 11.8. The lowest BCUT2D eigenvalue weighted by atomic mass is 10.0. The third-order valence-corrected chi connectivity index (χ3v) is 5.02. The van der Waals surface area contributed by atoms with Crippen LogP contribution >= 0.6 is 0 Å². The van der Waals surface area contributed by atoms with E-state index in [0.29, 0.717) is 44.9 Å². The highest BCUT2D eigenvalue weighted by atomic mass is 19.2. The molecule has 37 heavy (non-hydrogen) atoms. The Bertz CT molecular complexity index is 1460. The molecule has 4 aromatic rings. The molecule has 0 aliphatic heterocycles. The molecule has 1 N–H and O–H groups in total. The number of hydrogen-bond acceptors (Lipinski definition) is 3. The maximum atomic E-state index is 13.8. The van der Waals surface area contributed by atoms with Crippen molar-refractivity contribution in [3.05, 3.63) is 115 Å². The zero-order valence-electron chi connectivity index (χ0n) is 20.8. The van der Waals surface area contributed by atoms with Crippen LogP contribution in [0.3, 0.4) is 0 Å². The second-order valence-corrected chi connectivity index (χ2v) is 8.10. The first kappa shape index (κ1) is 27.3. The van der Waals surface area contributed by atoms with Crippen LogP contribution in [0.1, 0.15) is 33.0 Å². The molecule has 0 radical (unpaired) electrons. The Morgan fingerprint density at radius 1 is 0.865 bits per heavy atom. The quantitative estimate of drug-likeness (QED) is 0.210. The normalized spacial score (nSPS) is 11.4. The van der Waals surface area contributed by atoms with Gasteiger partial charge in [0.15, 0.2) is 17.5 Å². The van der Waals surface area contributed by atoms with Crippen molar-refractivity contribution < 1.29 is 17.6 Å². The number of nitrogens with zero attached hydrogens (tertiary/aromatic N) is 2.